The summed E-state index contributed by atoms with van der Waals surface area (Å²) >= 11 is 2.62. The highest BCUT2D eigenvalue weighted by Gasteiger charge is 2.36. The van der Waals surface area contributed by atoms with E-state index in [-0.39, 0.29) is 11.5 Å². The van der Waals surface area contributed by atoms with Gasteiger partial charge in [-0.15, -0.1) is 0 Å². The van der Waals surface area contributed by atoms with Gasteiger partial charge in [-0.3, -0.25) is 19.3 Å². The van der Waals surface area contributed by atoms with E-state index < -0.39 is 46.7 Å². The van der Waals surface area contributed by atoms with E-state index in [0.717, 1.165) is 6.07 Å². The summed E-state index contributed by atoms with van der Waals surface area (Å²) in [6, 6.07) is 13.9. The highest BCUT2D eigenvalue weighted by atomic mass is 127. The SMILES string of the molecule is COc1cc(/C=C2/SC(=O)N(CC(=O)Nc3ccc(F)c(F)c3F)C2=O)cc(I)c1OCc1ccccc1C#N. The highest BCUT2D eigenvalue weighted by Crippen LogP contribution is 2.38. The number of methoxy groups -OCH3 is 1. The van der Waals surface area contributed by atoms with E-state index in [0.29, 0.717) is 54.5 Å². The molecule has 1 heterocycles. The first-order chi connectivity index (χ1) is 19.1. The molecule has 1 aliphatic rings. The molecule has 0 atom stereocenters. The van der Waals surface area contributed by atoms with Crippen molar-refractivity contribution in [1.82, 2.24) is 4.90 Å². The molecular formula is C27H17F3IN3O5S. The third-order valence-corrected chi connectivity index (χ3v) is 7.25. The van der Waals surface area contributed by atoms with Crippen molar-refractivity contribution < 1.29 is 37.0 Å². The van der Waals surface area contributed by atoms with Crippen LogP contribution in [0.5, 0.6) is 11.5 Å². The fourth-order valence-corrected chi connectivity index (χ4v) is 5.23. The summed E-state index contributed by atoms with van der Waals surface area (Å²) in [7, 11) is 1.44. The minimum atomic E-state index is -1.76. The third-order valence-electron chi connectivity index (χ3n) is 5.54. The molecule has 4 rings (SSSR count). The van der Waals surface area contributed by atoms with Gasteiger partial charge < -0.3 is 14.8 Å². The number of ether oxygens (including phenoxy) is 2. The second kappa shape index (κ2) is 12.4. The van der Waals surface area contributed by atoms with Crippen molar-refractivity contribution in [3.63, 3.8) is 0 Å². The molecule has 8 nitrogen and oxygen atoms in total. The van der Waals surface area contributed by atoms with Crippen LogP contribution in [0.15, 0.2) is 53.4 Å². The van der Waals surface area contributed by atoms with Gasteiger partial charge in [0.25, 0.3) is 11.1 Å². The van der Waals surface area contributed by atoms with Crippen LogP contribution in [-0.4, -0.2) is 35.6 Å². The second-order valence-corrected chi connectivity index (χ2v) is 10.3. The number of benzene rings is 3. The van der Waals surface area contributed by atoms with Crippen LogP contribution < -0.4 is 14.8 Å². The average molecular weight is 679 g/mol. The maximum absolute atomic E-state index is 13.9. The number of imide groups is 1. The Hall–Kier alpha value is -4.03. The maximum atomic E-state index is 13.9. The van der Waals surface area contributed by atoms with Gasteiger partial charge in [-0.25, -0.2) is 13.2 Å². The summed E-state index contributed by atoms with van der Waals surface area (Å²) < 4.78 is 52.4. The first-order valence-electron chi connectivity index (χ1n) is 11.3. The first-order valence-corrected chi connectivity index (χ1v) is 13.2. The van der Waals surface area contributed by atoms with Gasteiger partial charge in [0.1, 0.15) is 13.2 Å². The molecule has 0 saturated carbocycles. The largest absolute Gasteiger partial charge is 0.493 e. The molecule has 0 bridgehead atoms. The molecule has 1 fully saturated rings. The van der Waals surface area contributed by atoms with Crippen molar-refractivity contribution >= 4 is 63.2 Å². The minimum absolute atomic E-state index is 0.0197. The molecule has 1 N–H and O–H groups in total. The number of nitrogens with zero attached hydrogens (tertiary/aromatic N) is 2. The molecule has 1 saturated heterocycles. The van der Waals surface area contributed by atoms with Crippen molar-refractivity contribution in [1.29, 1.82) is 5.26 Å². The van der Waals surface area contributed by atoms with E-state index in [1.807, 2.05) is 27.9 Å². The number of amides is 3. The molecule has 0 aromatic heterocycles. The van der Waals surface area contributed by atoms with Crippen molar-refractivity contribution in [3.05, 3.63) is 91.1 Å². The van der Waals surface area contributed by atoms with Gasteiger partial charge in [-0.2, -0.15) is 5.26 Å². The van der Waals surface area contributed by atoms with Gasteiger partial charge in [0, 0.05) is 5.56 Å². The van der Waals surface area contributed by atoms with Crippen LogP contribution in [0.1, 0.15) is 16.7 Å². The minimum Gasteiger partial charge on any atom is -0.493 e. The lowest BCUT2D eigenvalue weighted by atomic mass is 10.1. The number of hydrogen-bond donors (Lipinski definition) is 1. The molecule has 3 aromatic carbocycles. The summed E-state index contributed by atoms with van der Waals surface area (Å²) in [5.41, 5.74) is 1.04. The van der Waals surface area contributed by atoms with Gasteiger partial charge >= 0.3 is 0 Å². The summed E-state index contributed by atoms with van der Waals surface area (Å²) in [6.07, 6.45) is 1.44. The number of anilines is 1. The Bertz CT molecular complexity index is 1610. The van der Waals surface area contributed by atoms with Gasteiger partial charge in [0.15, 0.2) is 29.0 Å². The molecular weight excluding hydrogens is 662 g/mol. The fourth-order valence-electron chi connectivity index (χ4n) is 3.61. The first kappa shape index (κ1) is 29.0. The van der Waals surface area contributed by atoms with Crippen molar-refractivity contribution in [3.8, 4) is 17.6 Å². The Morgan fingerprint density at radius 1 is 1.15 bits per heavy atom. The molecule has 1 aliphatic heterocycles. The van der Waals surface area contributed by atoms with Crippen LogP contribution in [0.25, 0.3) is 6.08 Å². The normalized spacial score (nSPS) is 13.9. The number of nitrogens with one attached hydrogen (secondary N) is 1. The zero-order chi connectivity index (χ0) is 29.0. The number of carbonyl (C=O) groups is 3. The summed E-state index contributed by atoms with van der Waals surface area (Å²) in [5.74, 6) is -5.78. The zero-order valence-corrected chi connectivity index (χ0v) is 23.4. The van der Waals surface area contributed by atoms with Crippen LogP contribution in [0.3, 0.4) is 0 Å². The van der Waals surface area contributed by atoms with Gasteiger partial charge in [0.2, 0.25) is 5.91 Å². The van der Waals surface area contributed by atoms with Crippen molar-refractivity contribution in [2.45, 2.75) is 6.61 Å². The highest BCUT2D eigenvalue weighted by molar-refractivity contribution is 14.1. The van der Waals surface area contributed by atoms with Gasteiger partial charge in [0.05, 0.1) is 32.9 Å². The van der Waals surface area contributed by atoms with Gasteiger partial charge in [-0.05, 0) is 76.3 Å². The van der Waals surface area contributed by atoms with E-state index in [2.05, 4.69) is 6.07 Å². The Morgan fingerprint density at radius 2 is 1.90 bits per heavy atom. The van der Waals surface area contributed by atoms with Crippen LogP contribution >= 0.6 is 34.4 Å². The molecule has 0 aliphatic carbocycles. The van der Waals surface area contributed by atoms with E-state index in [1.54, 1.807) is 36.4 Å². The van der Waals surface area contributed by atoms with Crippen molar-refractivity contribution in [2.75, 3.05) is 19.0 Å². The molecule has 0 spiro atoms. The Kier molecular flexibility index (Phi) is 9.00. The molecule has 13 heteroatoms. The van der Waals surface area contributed by atoms with Crippen LogP contribution in [0.4, 0.5) is 23.7 Å². The van der Waals surface area contributed by atoms with E-state index >= 15 is 0 Å². The molecule has 3 aromatic rings. The van der Waals surface area contributed by atoms with Crippen LogP contribution in [0, 0.1) is 32.4 Å². The molecule has 0 radical (unpaired) electrons. The summed E-state index contributed by atoms with van der Waals surface area (Å²) in [5, 5.41) is 10.6. The van der Waals surface area contributed by atoms with Gasteiger partial charge in [-0.1, -0.05) is 18.2 Å². The topological polar surface area (TPSA) is 109 Å². The Labute approximate surface area is 243 Å². The Morgan fingerprint density at radius 3 is 2.62 bits per heavy atom. The van der Waals surface area contributed by atoms with E-state index in [1.165, 1.54) is 13.2 Å². The van der Waals surface area contributed by atoms with E-state index in [9.17, 15) is 32.8 Å². The number of carbonyl (C=O) groups excluding carboxylic acids is 3. The molecule has 204 valence electrons. The van der Waals surface area contributed by atoms with E-state index in [4.69, 9.17) is 9.47 Å². The van der Waals surface area contributed by atoms with Crippen molar-refractivity contribution in [2.24, 2.45) is 0 Å². The molecule has 0 unspecified atom stereocenters. The molecule has 40 heavy (non-hydrogen) atoms. The third kappa shape index (κ3) is 6.23. The monoisotopic (exact) mass is 679 g/mol. The standard InChI is InChI=1S/C27H17F3IN3O5S/c1-38-20-9-14(8-18(31)25(20)39-13-16-5-3-2-4-15(16)11-32)10-21-26(36)34(27(37)40-21)12-22(35)33-19-7-6-17(28)23(29)24(19)30/h2-10H,12-13H2,1H3,(H,33,35)/b21-10+. The lowest BCUT2D eigenvalue weighted by Crippen LogP contribution is -2.36. The maximum Gasteiger partial charge on any atom is 0.294 e. The number of hydrogen-bond acceptors (Lipinski definition) is 7. The van der Waals surface area contributed by atoms with Crippen LogP contribution in [-0.2, 0) is 16.2 Å². The van der Waals surface area contributed by atoms with Crippen LogP contribution in [0.2, 0.25) is 0 Å². The lowest BCUT2D eigenvalue weighted by Gasteiger charge is -2.14. The second-order valence-electron chi connectivity index (χ2n) is 8.13. The summed E-state index contributed by atoms with van der Waals surface area (Å²) in [6.45, 7) is -0.650. The smallest absolute Gasteiger partial charge is 0.294 e. The fraction of sp³-hybridized carbons (Fsp3) is 0.111. The number of rotatable bonds is 8. The number of thioether (sulfide) groups is 1. The summed E-state index contributed by atoms with van der Waals surface area (Å²) in [4.78, 5) is 38.3. The average Bonchev–Trinajstić information content (AvgIpc) is 3.19. The molecule has 3 amide bonds. The predicted octanol–water partition coefficient (Wildman–Crippen LogP) is 5.84. The lowest BCUT2D eigenvalue weighted by molar-refractivity contribution is -0.127. The quantitative estimate of drug-likeness (QED) is 0.181. The number of nitriles is 1. The zero-order valence-electron chi connectivity index (χ0n) is 20.5. The number of halogens is 4. The Balaban J connectivity index is 1.49. The predicted molar refractivity (Wildman–Crippen MR) is 149 cm³/mol.